The molecule has 9 aromatic rings. The first kappa shape index (κ1) is 34.3. The molecule has 0 fully saturated rings. The Balaban J connectivity index is 1.07. The Kier molecular flexibility index (Phi) is 9.47. The predicted octanol–water partition coefficient (Wildman–Crippen LogP) is 13.5. The van der Waals surface area contributed by atoms with Crippen LogP contribution in [-0.4, -0.2) is 15.7 Å². The summed E-state index contributed by atoms with van der Waals surface area (Å²) in [7, 11) is 0. The minimum Gasteiger partial charge on any atom is -0.300 e. The summed E-state index contributed by atoms with van der Waals surface area (Å²) in [5.41, 5.74) is 13.9. The van der Waals surface area contributed by atoms with Gasteiger partial charge >= 0.3 is 0 Å². The zero-order valence-corrected chi connectivity index (χ0v) is 30.7. The highest BCUT2D eigenvalue weighted by Gasteiger charge is 2.14. The number of aromatic nitrogens is 2. The van der Waals surface area contributed by atoms with Gasteiger partial charge in [-0.3, -0.25) is 0 Å². The van der Waals surface area contributed by atoms with Crippen molar-refractivity contribution >= 4 is 22.1 Å². The van der Waals surface area contributed by atoms with Gasteiger partial charge in [-0.25, -0.2) is 9.97 Å². The van der Waals surface area contributed by atoms with Gasteiger partial charge in [0.05, 0.1) is 17.1 Å². The van der Waals surface area contributed by atoms with Crippen LogP contribution in [0.5, 0.6) is 0 Å². The average Bonchev–Trinajstić information content (AvgIpc) is 3.29. The molecule has 0 radical (unpaired) electrons. The first-order valence-corrected chi connectivity index (χ1v) is 18.8. The third kappa shape index (κ3) is 7.22. The molecule has 0 aliphatic heterocycles. The highest BCUT2D eigenvalue weighted by molar-refractivity contribution is 6.13. The van der Waals surface area contributed by atoms with Gasteiger partial charge in [0, 0.05) is 16.7 Å². The Morgan fingerprint density at radius 1 is 0.375 bits per heavy atom. The number of hydrogen-bond acceptors (Lipinski definition) is 3. The topological polar surface area (TPSA) is 49.6 Å². The summed E-state index contributed by atoms with van der Waals surface area (Å²) in [6.45, 7) is 0. The fraction of sp³-hybridized carbons (Fsp3) is 0. The number of fused-ring (bicyclic) bond motifs is 1. The predicted molar refractivity (Wildman–Crippen MR) is 234 cm³/mol. The molecular formula is C53H37N3. The Labute approximate surface area is 327 Å². The van der Waals surface area contributed by atoms with E-state index < -0.39 is 0 Å². The number of allylic oxidation sites excluding steroid dienone is 1. The normalized spacial score (nSPS) is 11.4. The first-order chi connectivity index (χ1) is 27.7. The van der Waals surface area contributed by atoms with E-state index in [1.807, 2.05) is 78.9 Å². The lowest BCUT2D eigenvalue weighted by Gasteiger charge is -2.14. The van der Waals surface area contributed by atoms with E-state index in [9.17, 15) is 0 Å². The minimum absolute atomic E-state index is 0.475. The average molecular weight is 716 g/mol. The minimum atomic E-state index is 0.475. The summed E-state index contributed by atoms with van der Waals surface area (Å²) in [6.07, 6.45) is 2.00. The molecule has 3 heteroatoms. The molecule has 0 saturated heterocycles. The first-order valence-electron chi connectivity index (χ1n) is 18.8. The van der Waals surface area contributed by atoms with Crippen LogP contribution < -0.4 is 0 Å². The van der Waals surface area contributed by atoms with Crippen molar-refractivity contribution < 1.29 is 0 Å². The SMILES string of the molecule is N=C(/C=C(/c1ccccc1)c1cccc2ccc(-c3cccc(-c4ccc(-c5nc(-c6ccccc6)cc(-c6ccccc6)n5)cc4)c3)cc12)c1ccccc1. The molecule has 9 rings (SSSR count). The van der Waals surface area contributed by atoms with Crippen LogP contribution in [0.25, 0.3) is 72.5 Å². The van der Waals surface area contributed by atoms with Gasteiger partial charge < -0.3 is 5.41 Å². The maximum atomic E-state index is 9.02. The van der Waals surface area contributed by atoms with E-state index >= 15 is 0 Å². The number of rotatable bonds is 9. The van der Waals surface area contributed by atoms with Gasteiger partial charge in [0.25, 0.3) is 0 Å². The molecular weight excluding hydrogens is 679 g/mol. The van der Waals surface area contributed by atoms with Crippen LogP contribution in [0.3, 0.4) is 0 Å². The van der Waals surface area contributed by atoms with Crippen LogP contribution in [0.15, 0.2) is 218 Å². The number of hydrogen-bond donors (Lipinski definition) is 1. The third-order valence-electron chi connectivity index (χ3n) is 10.2. The number of nitrogens with zero attached hydrogens (tertiary/aromatic N) is 2. The summed E-state index contributed by atoms with van der Waals surface area (Å²) >= 11 is 0. The molecule has 8 aromatic carbocycles. The van der Waals surface area contributed by atoms with Gasteiger partial charge in [0.1, 0.15) is 0 Å². The Bertz CT molecular complexity index is 2770. The van der Waals surface area contributed by atoms with E-state index in [4.69, 9.17) is 15.4 Å². The fourth-order valence-corrected chi connectivity index (χ4v) is 7.25. The summed E-state index contributed by atoms with van der Waals surface area (Å²) in [5.74, 6) is 0.695. The highest BCUT2D eigenvalue weighted by Crippen LogP contribution is 2.35. The third-order valence-corrected chi connectivity index (χ3v) is 10.2. The van der Waals surface area contributed by atoms with Crippen molar-refractivity contribution in [3.05, 3.63) is 235 Å². The number of benzene rings is 8. The lowest BCUT2D eigenvalue weighted by atomic mass is 9.89. The maximum Gasteiger partial charge on any atom is 0.160 e. The summed E-state index contributed by atoms with van der Waals surface area (Å²) < 4.78 is 0. The molecule has 3 nitrogen and oxygen atoms in total. The maximum absolute atomic E-state index is 9.02. The Morgan fingerprint density at radius 2 is 0.857 bits per heavy atom. The molecule has 0 amide bonds. The molecule has 56 heavy (non-hydrogen) atoms. The van der Waals surface area contributed by atoms with Crippen molar-refractivity contribution in [2.75, 3.05) is 0 Å². The molecule has 1 N–H and O–H groups in total. The van der Waals surface area contributed by atoms with E-state index in [-0.39, 0.29) is 0 Å². The van der Waals surface area contributed by atoms with Crippen LogP contribution in [-0.2, 0) is 0 Å². The van der Waals surface area contributed by atoms with Crippen LogP contribution >= 0.6 is 0 Å². The van der Waals surface area contributed by atoms with Crippen LogP contribution in [0.1, 0.15) is 16.7 Å². The van der Waals surface area contributed by atoms with Crippen LogP contribution in [0.4, 0.5) is 0 Å². The van der Waals surface area contributed by atoms with E-state index in [1.54, 1.807) is 0 Å². The van der Waals surface area contributed by atoms with E-state index in [0.717, 1.165) is 83.4 Å². The number of nitrogens with one attached hydrogen (secondary N) is 1. The zero-order valence-electron chi connectivity index (χ0n) is 30.7. The molecule has 1 aromatic heterocycles. The van der Waals surface area contributed by atoms with Gasteiger partial charge in [-0.1, -0.05) is 194 Å². The second-order valence-corrected chi connectivity index (χ2v) is 13.8. The van der Waals surface area contributed by atoms with Crippen molar-refractivity contribution in [1.82, 2.24) is 9.97 Å². The smallest absolute Gasteiger partial charge is 0.160 e. The molecule has 0 bridgehead atoms. The second kappa shape index (κ2) is 15.5. The lowest BCUT2D eigenvalue weighted by molar-refractivity contribution is 1.18. The van der Waals surface area contributed by atoms with E-state index in [1.165, 1.54) is 0 Å². The molecule has 264 valence electrons. The zero-order chi connectivity index (χ0) is 37.7. The van der Waals surface area contributed by atoms with Crippen molar-refractivity contribution in [3.63, 3.8) is 0 Å². The van der Waals surface area contributed by atoms with Gasteiger partial charge in [0.15, 0.2) is 5.82 Å². The van der Waals surface area contributed by atoms with Crippen molar-refractivity contribution in [2.45, 2.75) is 0 Å². The lowest BCUT2D eigenvalue weighted by Crippen LogP contribution is -1.98. The van der Waals surface area contributed by atoms with Crippen molar-refractivity contribution in [1.29, 1.82) is 5.41 Å². The van der Waals surface area contributed by atoms with Crippen molar-refractivity contribution in [3.8, 4) is 56.2 Å². The molecule has 0 saturated carbocycles. The summed E-state index contributed by atoms with van der Waals surface area (Å²) in [5, 5.41) is 11.3. The summed E-state index contributed by atoms with van der Waals surface area (Å²) in [4.78, 5) is 10.0. The summed E-state index contributed by atoms with van der Waals surface area (Å²) in [6, 6.07) is 73.3. The van der Waals surface area contributed by atoms with Gasteiger partial charge in [-0.05, 0) is 79.6 Å². The molecule has 1 heterocycles. The Morgan fingerprint density at radius 3 is 1.48 bits per heavy atom. The molecule has 0 spiro atoms. The van der Waals surface area contributed by atoms with E-state index in [0.29, 0.717) is 11.5 Å². The van der Waals surface area contributed by atoms with Crippen LogP contribution in [0.2, 0.25) is 0 Å². The molecule has 0 unspecified atom stereocenters. The molecule has 0 atom stereocenters. The largest absolute Gasteiger partial charge is 0.300 e. The standard InChI is InChI=1S/C53H37N3/c54-50(40-17-7-2-8-18-40)35-49(38-15-5-1-6-16-38)47-26-14-23-39-29-32-46(34-48(39)47)45-25-13-24-44(33-45)37-27-30-43(31-28-37)53-55-51(41-19-9-3-10-20-41)36-52(56-53)42-21-11-4-12-22-42/h1-36,54H/b49-35-,54-50?. The molecule has 0 aliphatic rings. The second-order valence-electron chi connectivity index (χ2n) is 13.8. The van der Waals surface area contributed by atoms with Gasteiger partial charge in [-0.2, -0.15) is 0 Å². The van der Waals surface area contributed by atoms with Crippen molar-refractivity contribution in [2.24, 2.45) is 0 Å². The van der Waals surface area contributed by atoms with E-state index in [2.05, 4.69) is 140 Å². The van der Waals surface area contributed by atoms with Gasteiger partial charge in [0.2, 0.25) is 0 Å². The fourth-order valence-electron chi connectivity index (χ4n) is 7.25. The molecule has 0 aliphatic carbocycles. The van der Waals surface area contributed by atoms with Gasteiger partial charge in [-0.15, -0.1) is 0 Å². The van der Waals surface area contributed by atoms with Crippen LogP contribution in [0, 0.1) is 5.41 Å². The monoisotopic (exact) mass is 715 g/mol. The highest BCUT2D eigenvalue weighted by atomic mass is 14.9. The Hall–Kier alpha value is -7.49. The quantitative estimate of drug-likeness (QED) is 0.151.